The number of H-pyrrole nitrogens is 1. The molecule has 84 valence electrons. The average molecular weight is 241 g/mol. The number of aromatic amines is 1. The zero-order valence-electron chi connectivity index (χ0n) is 8.36. The maximum atomic E-state index is 11.7. The van der Waals surface area contributed by atoms with Gasteiger partial charge in [-0.25, -0.2) is 4.39 Å². The maximum Gasteiger partial charge on any atom is 0.193 e. The van der Waals surface area contributed by atoms with Crippen LogP contribution < -0.4 is 0 Å². The molecule has 0 aliphatic rings. The van der Waals surface area contributed by atoms with Crippen molar-refractivity contribution in [2.45, 2.75) is 0 Å². The number of alkyl halides is 1. The fourth-order valence-corrected chi connectivity index (χ4v) is 1.03. The zero-order valence-corrected chi connectivity index (χ0v) is 9.12. The molecule has 2 rings (SSSR count). The van der Waals surface area contributed by atoms with E-state index in [4.69, 9.17) is 11.6 Å². The van der Waals surface area contributed by atoms with E-state index < -0.39 is 12.5 Å². The van der Waals surface area contributed by atoms with Crippen molar-refractivity contribution < 1.29 is 9.18 Å². The Kier molecular flexibility index (Phi) is 5.22. The second-order valence-corrected chi connectivity index (χ2v) is 3.28. The molecule has 16 heavy (non-hydrogen) atoms. The maximum absolute atomic E-state index is 11.7. The van der Waals surface area contributed by atoms with Crippen LogP contribution in [0.15, 0.2) is 42.7 Å². The first-order chi connectivity index (χ1) is 7.74. The summed E-state index contributed by atoms with van der Waals surface area (Å²) in [6, 6.07) is 8.41. The van der Waals surface area contributed by atoms with Gasteiger partial charge in [0, 0.05) is 11.8 Å². The van der Waals surface area contributed by atoms with Crippen molar-refractivity contribution in [3.8, 4) is 0 Å². The molecule has 0 amide bonds. The zero-order chi connectivity index (χ0) is 11.8. The lowest BCUT2D eigenvalue weighted by atomic mass is 10.1. The van der Waals surface area contributed by atoms with Gasteiger partial charge in [0.1, 0.15) is 0 Å². The van der Waals surface area contributed by atoms with Gasteiger partial charge in [0.25, 0.3) is 0 Å². The Bertz CT molecular complexity index is 417. The molecule has 1 heterocycles. The highest BCUT2D eigenvalue weighted by Crippen LogP contribution is 1.99. The Hall–Kier alpha value is -1.68. The molecule has 0 radical (unpaired) electrons. The topological polar surface area (TPSA) is 45.8 Å². The van der Waals surface area contributed by atoms with Gasteiger partial charge >= 0.3 is 0 Å². The van der Waals surface area contributed by atoms with E-state index in [9.17, 15) is 9.18 Å². The van der Waals surface area contributed by atoms with E-state index >= 15 is 0 Å². The van der Waals surface area contributed by atoms with E-state index in [0.717, 1.165) is 0 Å². The van der Waals surface area contributed by atoms with Crippen molar-refractivity contribution in [3.05, 3.63) is 53.3 Å². The van der Waals surface area contributed by atoms with Gasteiger partial charge in [-0.05, 0) is 0 Å². The number of Topliss-reactive ketones (excluding diaryl/α,β-unsaturated/α-hetero) is 1. The lowest BCUT2D eigenvalue weighted by Gasteiger charge is -1.91. The van der Waals surface area contributed by atoms with Crippen LogP contribution in [0, 0.1) is 0 Å². The summed E-state index contributed by atoms with van der Waals surface area (Å²) < 4.78 is 11.7. The van der Waals surface area contributed by atoms with Gasteiger partial charge in [0.2, 0.25) is 0 Å². The Morgan fingerprint density at radius 2 is 2.06 bits per heavy atom. The number of halogens is 2. The molecule has 5 heteroatoms. The third-order valence-electron chi connectivity index (χ3n) is 1.68. The lowest BCUT2D eigenvalue weighted by molar-refractivity contribution is 0.0958. The van der Waals surface area contributed by atoms with Crippen molar-refractivity contribution in [1.29, 1.82) is 0 Å². The van der Waals surface area contributed by atoms with E-state index in [1.165, 1.54) is 0 Å². The van der Waals surface area contributed by atoms with E-state index in [-0.39, 0.29) is 0 Å². The predicted octanol–water partition coefficient (Wildman–Crippen LogP) is 2.90. The summed E-state index contributed by atoms with van der Waals surface area (Å²) in [6.45, 7) is -0.913. The second kappa shape index (κ2) is 6.74. The first-order valence-corrected chi connectivity index (χ1v) is 4.90. The van der Waals surface area contributed by atoms with Crippen LogP contribution in [0.1, 0.15) is 10.4 Å². The van der Waals surface area contributed by atoms with Gasteiger partial charge in [-0.1, -0.05) is 41.9 Å². The summed E-state index contributed by atoms with van der Waals surface area (Å²) in [6.07, 6.45) is 3.16. The van der Waals surface area contributed by atoms with Crippen LogP contribution in [0.2, 0.25) is 5.02 Å². The van der Waals surface area contributed by atoms with Crippen LogP contribution in [0.3, 0.4) is 0 Å². The summed E-state index contributed by atoms with van der Waals surface area (Å²) in [5.74, 6) is -0.458. The minimum absolute atomic E-state index is 0.435. The minimum atomic E-state index is -0.913. The average Bonchev–Trinajstić information content (AvgIpc) is 2.81. The molecule has 0 atom stereocenters. The molecule has 0 unspecified atom stereocenters. The fraction of sp³-hybridized carbons (Fsp3) is 0.0909. The molecule has 0 saturated carbocycles. The molecule has 0 saturated heterocycles. The van der Waals surface area contributed by atoms with E-state index in [1.807, 2.05) is 0 Å². The molecule has 0 bridgehead atoms. The van der Waals surface area contributed by atoms with E-state index in [0.29, 0.717) is 10.6 Å². The SMILES string of the molecule is Clc1cn[nH]c1.O=C(CF)c1ccccc1. The summed E-state index contributed by atoms with van der Waals surface area (Å²) in [7, 11) is 0. The number of aromatic nitrogens is 2. The van der Waals surface area contributed by atoms with Gasteiger partial charge in [-0.15, -0.1) is 0 Å². The molecular formula is C11H10ClFN2O. The molecular weight excluding hydrogens is 231 g/mol. The molecule has 1 N–H and O–H groups in total. The van der Waals surface area contributed by atoms with Gasteiger partial charge in [-0.3, -0.25) is 9.89 Å². The highest BCUT2D eigenvalue weighted by molar-refractivity contribution is 6.30. The largest absolute Gasteiger partial charge is 0.291 e. The normalized spacial score (nSPS) is 9.12. The molecule has 3 nitrogen and oxygen atoms in total. The van der Waals surface area contributed by atoms with Crippen LogP contribution in [-0.2, 0) is 0 Å². The molecule has 1 aromatic heterocycles. The monoisotopic (exact) mass is 240 g/mol. The number of hydrogen-bond acceptors (Lipinski definition) is 2. The number of ketones is 1. The second-order valence-electron chi connectivity index (χ2n) is 2.84. The van der Waals surface area contributed by atoms with E-state index in [1.54, 1.807) is 42.7 Å². The van der Waals surface area contributed by atoms with Crippen molar-refractivity contribution >= 4 is 17.4 Å². The van der Waals surface area contributed by atoms with Crippen molar-refractivity contribution in [1.82, 2.24) is 10.2 Å². The highest BCUT2D eigenvalue weighted by Gasteiger charge is 2.01. The smallest absolute Gasteiger partial charge is 0.193 e. The molecule has 1 aromatic carbocycles. The predicted molar refractivity (Wildman–Crippen MR) is 60.3 cm³/mol. The summed E-state index contributed by atoms with van der Waals surface area (Å²) in [5, 5.41) is 6.76. The van der Waals surface area contributed by atoms with Crippen LogP contribution in [-0.4, -0.2) is 22.7 Å². The van der Waals surface area contributed by atoms with Crippen molar-refractivity contribution in [2.24, 2.45) is 0 Å². The lowest BCUT2D eigenvalue weighted by Crippen LogP contribution is -1.99. The third-order valence-corrected chi connectivity index (χ3v) is 1.89. The Labute approximate surface area is 97.3 Å². The number of rotatable bonds is 2. The summed E-state index contributed by atoms with van der Waals surface area (Å²) in [5.41, 5.74) is 0.435. The Morgan fingerprint density at radius 1 is 1.38 bits per heavy atom. The number of nitrogens with one attached hydrogen (secondary N) is 1. The number of carbonyl (C=O) groups excluding carboxylic acids is 1. The van der Waals surface area contributed by atoms with Gasteiger partial charge in [0.15, 0.2) is 12.5 Å². The summed E-state index contributed by atoms with van der Waals surface area (Å²) in [4.78, 5) is 10.6. The van der Waals surface area contributed by atoms with Crippen LogP contribution in [0.5, 0.6) is 0 Å². The third kappa shape index (κ3) is 4.23. The molecule has 0 fully saturated rings. The molecule has 0 aliphatic heterocycles. The molecule has 0 spiro atoms. The van der Waals surface area contributed by atoms with Gasteiger partial charge in [0.05, 0.1) is 11.2 Å². The number of carbonyl (C=O) groups is 1. The summed E-state index contributed by atoms with van der Waals surface area (Å²) >= 11 is 5.36. The highest BCUT2D eigenvalue weighted by atomic mass is 35.5. The first kappa shape index (κ1) is 12.4. The minimum Gasteiger partial charge on any atom is -0.291 e. The van der Waals surface area contributed by atoms with Gasteiger partial charge in [-0.2, -0.15) is 5.10 Å². The molecule has 0 aliphatic carbocycles. The van der Waals surface area contributed by atoms with Crippen molar-refractivity contribution in [2.75, 3.05) is 6.67 Å². The molecule has 2 aromatic rings. The van der Waals surface area contributed by atoms with Crippen molar-refractivity contribution in [3.63, 3.8) is 0 Å². The number of benzene rings is 1. The first-order valence-electron chi connectivity index (χ1n) is 4.52. The standard InChI is InChI=1S/C8H7FO.C3H3ClN2/c9-6-8(10)7-4-2-1-3-5-7;4-3-1-5-6-2-3/h1-5H,6H2;1-2H,(H,5,6). The number of hydrogen-bond donors (Lipinski definition) is 1. The van der Waals surface area contributed by atoms with Crippen LogP contribution >= 0.6 is 11.6 Å². The Morgan fingerprint density at radius 3 is 2.44 bits per heavy atom. The Balaban J connectivity index is 0.000000181. The number of nitrogens with zero attached hydrogens (tertiary/aromatic N) is 1. The quantitative estimate of drug-likeness (QED) is 0.821. The van der Waals surface area contributed by atoms with Crippen LogP contribution in [0.25, 0.3) is 0 Å². The van der Waals surface area contributed by atoms with Crippen LogP contribution in [0.4, 0.5) is 4.39 Å². The fourth-order valence-electron chi connectivity index (χ4n) is 0.936. The van der Waals surface area contributed by atoms with Gasteiger partial charge < -0.3 is 0 Å². The van der Waals surface area contributed by atoms with E-state index in [2.05, 4.69) is 10.2 Å².